The summed E-state index contributed by atoms with van der Waals surface area (Å²) in [4.78, 5) is 27.0. The first-order valence-electron chi connectivity index (χ1n) is 8.68. The van der Waals surface area contributed by atoms with E-state index in [2.05, 4.69) is 0 Å². The molecule has 2 aromatic carbocycles. The molecule has 1 atom stereocenters. The van der Waals surface area contributed by atoms with Crippen LogP contribution in [0.2, 0.25) is 0 Å². The van der Waals surface area contributed by atoms with Crippen molar-refractivity contribution in [3.05, 3.63) is 59.2 Å². The Bertz CT molecular complexity index is 924. The predicted octanol–water partition coefficient (Wildman–Crippen LogP) is 2.72. The van der Waals surface area contributed by atoms with E-state index < -0.39 is 5.60 Å². The molecule has 0 N–H and O–H groups in total. The first-order valence-corrected chi connectivity index (χ1v) is 8.68. The zero-order valence-corrected chi connectivity index (χ0v) is 14.1. The van der Waals surface area contributed by atoms with Crippen LogP contribution in [0.1, 0.15) is 39.1 Å². The van der Waals surface area contributed by atoms with Crippen molar-refractivity contribution in [2.45, 2.75) is 18.4 Å². The summed E-state index contributed by atoms with van der Waals surface area (Å²) in [7, 11) is 0. The smallest absolute Gasteiger partial charge is 0.339 e. The maximum atomic E-state index is 13.0. The fraction of sp³-hybridized carbons (Fsp3) is 0.300. The molecule has 0 aromatic heterocycles. The quantitative estimate of drug-likeness (QED) is 0.739. The molecule has 132 valence electrons. The molecule has 6 heteroatoms. The highest BCUT2D eigenvalue weighted by Gasteiger charge is 2.48. The summed E-state index contributed by atoms with van der Waals surface area (Å²) in [6.45, 7) is 1.17. The number of fused-ring (bicyclic) bond motifs is 3. The van der Waals surface area contributed by atoms with E-state index in [9.17, 15) is 9.59 Å². The van der Waals surface area contributed by atoms with Crippen molar-refractivity contribution in [2.24, 2.45) is 0 Å². The zero-order chi connectivity index (χ0) is 17.7. The van der Waals surface area contributed by atoms with Gasteiger partial charge in [0.15, 0.2) is 17.1 Å². The highest BCUT2D eigenvalue weighted by molar-refractivity contribution is 5.96. The number of likely N-dealkylation sites (tertiary alicyclic amines) is 1. The van der Waals surface area contributed by atoms with Crippen LogP contribution in [0.5, 0.6) is 11.5 Å². The number of benzene rings is 2. The molecular formula is C20H17NO5. The van der Waals surface area contributed by atoms with Crippen LogP contribution < -0.4 is 9.47 Å². The van der Waals surface area contributed by atoms with Crippen LogP contribution in [-0.2, 0) is 10.3 Å². The van der Waals surface area contributed by atoms with Crippen molar-refractivity contribution < 1.29 is 23.8 Å². The molecule has 0 aliphatic carbocycles. The SMILES string of the molecule is O=C1OC2(CCCN(C(=O)c3ccc4c(c3)OCO4)C2)c2ccccc21. The highest BCUT2D eigenvalue weighted by Crippen LogP contribution is 2.43. The zero-order valence-electron chi connectivity index (χ0n) is 14.1. The van der Waals surface area contributed by atoms with Crippen LogP contribution in [0, 0.1) is 0 Å². The Morgan fingerprint density at radius 3 is 2.85 bits per heavy atom. The number of nitrogens with zero attached hydrogens (tertiary/aromatic N) is 1. The van der Waals surface area contributed by atoms with Crippen LogP contribution in [0.15, 0.2) is 42.5 Å². The van der Waals surface area contributed by atoms with Gasteiger partial charge >= 0.3 is 5.97 Å². The van der Waals surface area contributed by atoms with Crippen LogP contribution >= 0.6 is 0 Å². The van der Waals surface area contributed by atoms with Crippen molar-refractivity contribution in [3.8, 4) is 11.5 Å². The summed E-state index contributed by atoms with van der Waals surface area (Å²) in [5, 5.41) is 0. The lowest BCUT2D eigenvalue weighted by atomic mass is 9.85. The summed E-state index contributed by atoms with van der Waals surface area (Å²) in [5.74, 6) is 0.830. The maximum absolute atomic E-state index is 13.0. The Balaban J connectivity index is 1.45. The highest BCUT2D eigenvalue weighted by atomic mass is 16.7. The van der Waals surface area contributed by atoms with E-state index in [1.807, 2.05) is 18.2 Å². The molecule has 3 aliphatic heterocycles. The van der Waals surface area contributed by atoms with Gasteiger partial charge < -0.3 is 19.1 Å². The molecule has 0 bridgehead atoms. The molecule has 0 saturated carbocycles. The summed E-state index contributed by atoms with van der Waals surface area (Å²) in [5.41, 5.74) is 1.29. The second-order valence-electron chi connectivity index (χ2n) is 6.83. The van der Waals surface area contributed by atoms with Gasteiger partial charge in [-0.25, -0.2) is 4.79 Å². The molecule has 1 unspecified atom stereocenters. The van der Waals surface area contributed by atoms with Crippen molar-refractivity contribution in [3.63, 3.8) is 0 Å². The summed E-state index contributed by atoms with van der Waals surface area (Å²) in [6, 6.07) is 12.6. The van der Waals surface area contributed by atoms with Gasteiger partial charge in [0.1, 0.15) is 0 Å². The topological polar surface area (TPSA) is 65.1 Å². The number of hydrogen-bond acceptors (Lipinski definition) is 5. The minimum absolute atomic E-state index is 0.0946. The lowest BCUT2D eigenvalue weighted by Crippen LogP contribution is -2.48. The Morgan fingerprint density at radius 2 is 1.92 bits per heavy atom. The molecule has 6 nitrogen and oxygen atoms in total. The maximum Gasteiger partial charge on any atom is 0.339 e. The molecule has 1 amide bonds. The van der Waals surface area contributed by atoms with E-state index in [0.29, 0.717) is 35.7 Å². The van der Waals surface area contributed by atoms with Gasteiger partial charge in [-0.2, -0.15) is 0 Å². The molecule has 26 heavy (non-hydrogen) atoms. The second-order valence-corrected chi connectivity index (χ2v) is 6.83. The Labute approximate surface area is 150 Å². The van der Waals surface area contributed by atoms with E-state index in [1.165, 1.54) is 0 Å². The molecule has 1 fully saturated rings. The van der Waals surface area contributed by atoms with E-state index >= 15 is 0 Å². The summed E-state index contributed by atoms with van der Waals surface area (Å²) >= 11 is 0. The number of piperidine rings is 1. The molecule has 2 aromatic rings. The van der Waals surface area contributed by atoms with Gasteiger partial charge in [-0.15, -0.1) is 0 Å². The third-order valence-electron chi connectivity index (χ3n) is 5.29. The molecular weight excluding hydrogens is 334 g/mol. The van der Waals surface area contributed by atoms with Gasteiger partial charge in [0.2, 0.25) is 6.79 Å². The predicted molar refractivity (Wildman–Crippen MR) is 91.2 cm³/mol. The molecule has 0 radical (unpaired) electrons. The van der Waals surface area contributed by atoms with Crippen LogP contribution in [0.3, 0.4) is 0 Å². The Morgan fingerprint density at radius 1 is 1.08 bits per heavy atom. The third-order valence-corrected chi connectivity index (χ3v) is 5.29. The molecule has 1 spiro atoms. The number of esters is 1. The van der Waals surface area contributed by atoms with Crippen LogP contribution in [-0.4, -0.2) is 36.7 Å². The van der Waals surface area contributed by atoms with Crippen molar-refractivity contribution in [1.29, 1.82) is 0 Å². The van der Waals surface area contributed by atoms with E-state index in [0.717, 1.165) is 18.4 Å². The van der Waals surface area contributed by atoms with Crippen LogP contribution in [0.25, 0.3) is 0 Å². The van der Waals surface area contributed by atoms with E-state index in [1.54, 1.807) is 29.2 Å². The average Bonchev–Trinajstić information content (AvgIpc) is 3.24. The summed E-state index contributed by atoms with van der Waals surface area (Å²) in [6.07, 6.45) is 1.50. The average molecular weight is 351 g/mol. The van der Waals surface area contributed by atoms with E-state index in [-0.39, 0.29) is 18.7 Å². The number of carbonyl (C=O) groups excluding carboxylic acids is 2. The van der Waals surface area contributed by atoms with Gasteiger partial charge in [-0.1, -0.05) is 18.2 Å². The van der Waals surface area contributed by atoms with Gasteiger partial charge in [0.05, 0.1) is 12.1 Å². The second kappa shape index (κ2) is 5.49. The fourth-order valence-electron chi connectivity index (χ4n) is 4.06. The van der Waals surface area contributed by atoms with Gasteiger partial charge in [-0.05, 0) is 37.1 Å². The lowest BCUT2D eigenvalue weighted by molar-refractivity contribution is -0.0442. The standard InChI is InChI=1S/C20H17NO5/c22-18(13-6-7-16-17(10-13)25-12-24-16)21-9-3-8-20(11-21)15-5-2-1-4-14(15)19(23)26-20/h1-2,4-7,10H,3,8-9,11-12H2. The Hall–Kier alpha value is -3.02. The van der Waals surface area contributed by atoms with Crippen molar-refractivity contribution in [2.75, 3.05) is 19.9 Å². The van der Waals surface area contributed by atoms with Gasteiger partial charge in [-0.3, -0.25) is 4.79 Å². The number of amides is 1. The third kappa shape index (κ3) is 2.18. The van der Waals surface area contributed by atoms with Gasteiger partial charge in [0.25, 0.3) is 5.91 Å². The largest absolute Gasteiger partial charge is 0.454 e. The summed E-state index contributed by atoms with van der Waals surface area (Å²) < 4.78 is 16.4. The minimum atomic E-state index is -0.738. The Kier molecular flexibility index (Phi) is 3.22. The minimum Gasteiger partial charge on any atom is -0.454 e. The van der Waals surface area contributed by atoms with Crippen LogP contribution in [0.4, 0.5) is 0 Å². The fourth-order valence-corrected chi connectivity index (χ4v) is 4.06. The molecule has 3 heterocycles. The lowest BCUT2D eigenvalue weighted by Gasteiger charge is -2.39. The molecule has 3 aliphatic rings. The first kappa shape index (κ1) is 15.3. The normalized spacial score (nSPS) is 23.1. The van der Waals surface area contributed by atoms with Crippen molar-refractivity contribution in [1.82, 2.24) is 4.90 Å². The monoisotopic (exact) mass is 351 g/mol. The number of carbonyl (C=O) groups is 2. The van der Waals surface area contributed by atoms with Crippen molar-refractivity contribution >= 4 is 11.9 Å². The number of ether oxygens (including phenoxy) is 3. The molecule has 1 saturated heterocycles. The first-order chi connectivity index (χ1) is 12.7. The number of rotatable bonds is 1. The van der Waals surface area contributed by atoms with Gasteiger partial charge in [0, 0.05) is 17.7 Å². The van der Waals surface area contributed by atoms with E-state index in [4.69, 9.17) is 14.2 Å². The number of hydrogen-bond donors (Lipinski definition) is 0. The molecule has 5 rings (SSSR count).